The van der Waals surface area contributed by atoms with E-state index >= 15 is 0 Å². The molecule has 0 fully saturated rings. The molecule has 29 heavy (non-hydrogen) atoms. The summed E-state index contributed by atoms with van der Waals surface area (Å²) in [7, 11) is 0. The van der Waals surface area contributed by atoms with Gasteiger partial charge in [-0.05, 0) is 48.9 Å². The van der Waals surface area contributed by atoms with Gasteiger partial charge in [-0.3, -0.25) is 0 Å². The lowest BCUT2D eigenvalue weighted by Gasteiger charge is -2.08. The van der Waals surface area contributed by atoms with Gasteiger partial charge in [0, 0.05) is 22.5 Å². The maximum absolute atomic E-state index is 13.6. The molecule has 3 aromatic carbocycles. The van der Waals surface area contributed by atoms with Crippen molar-refractivity contribution in [3.63, 3.8) is 0 Å². The van der Waals surface area contributed by atoms with Gasteiger partial charge in [-0.15, -0.1) is 0 Å². The summed E-state index contributed by atoms with van der Waals surface area (Å²) in [6.07, 6.45) is 1.62. The molecule has 0 spiro atoms. The van der Waals surface area contributed by atoms with Gasteiger partial charge in [0.2, 0.25) is 5.89 Å². The molecule has 0 aliphatic rings. The molecule has 1 aromatic heterocycles. The Morgan fingerprint density at radius 1 is 0.897 bits per heavy atom. The fourth-order valence-electron chi connectivity index (χ4n) is 2.81. The molecule has 2 amide bonds. The molecule has 0 saturated heterocycles. The van der Waals surface area contributed by atoms with Crippen molar-refractivity contribution in [3.05, 3.63) is 90.4 Å². The van der Waals surface area contributed by atoms with Crippen molar-refractivity contribution in [2.24, 2.45) is 0 Å². The molecule has 6 heteroatoms. The van der Waals surface area contributed by atoms with Gasteiger partial charge in [-0.1, -0.05) is 36.4 Å². The number of amides is 2. The maximum atomic E-state index is 13.6. The predicted molar refractivity (Wildman–Crippen MR) is 111 cm³/mol. The highest BCUT2D eigenvalue weighted by atomic mass is 19.1. The van der Waals surface area contributed by atoms with E-state index in [9.17, 15) is 9.18 Å². The topological polar surface area (TPSA) is 67.2 Å². The van der Waals surface area contributed by atoms with E-state index < -0.39 is 6.03 Å². The molecule has 0 unspecified atom stereocenters. The van der Waals surface area contributed by atoms with Crippen LogP contribution < -0.4 is 10.6 Å². The molecule has 0 radical (unpaired) electrons. The number of carbonyl (C=O) groups is 1. The van der Waals surface area contributed by atoms with Gasteiger partial charge in [0.15, 0.2) is 0 Å². The summed E-state index contributed by atoms with van der Waals surface area (Å²) >= 11 is 0. The van der Waals surface area contributed by atoms with E-state index in [1.165, 1.54) is 6.07 Å². The van der Waals surface area contributed by atoms with Gasteiger partial charge in [0.05, 0.1) is 0 Å². The third-order valence-corrected chi connectivity index (χ3v) is 4.39. The molecule has 1 heterocycles. The molecular formula is C23H18FN3O2. The van der Waals surface area contributed by atoms with E-state index in [-0.39, 0.29) is 5.82 Å². The van der Waals surface area contributed by atoms with Gasteiger partial charge < -0.3 is 15.1 Å². The van der Waals surface area contributed by atoms with Crippen LogP contribution in [0.4, 0.5) is 20.6 Å². The van der Waals surface area contributed by atoms with Crippen LogP contribution in [0.5, 0.6) is 0 Å². The Kier molecular flexibility index (Phi) is 5.07. The minimum atomic E-state index is -0.455. The summed E-state index contributed by atoms with van der Waals surface area (Å²) in [5.41, 5.74) is 4.02. The Morgan fingerprint density at radius 2 is 1.59 bits per heavy atom. The number of hydrogen-bond donors (Lipinski definition) is 2. The second-order valence-corrected chi connectivity index (χ2v) is 6.52. The van der Waals surface area contributed by atoms with Crippen LogP contribution in [0.3, 0.4) is 0 Å². The van der Waals surface area contributed by atoms with Crippen LogP contribution in [0.2, 0.25) is 0 Å². The SMILES string of the molecule is Cc1ccc(NC(=O)Nc2ccc(-c3nc(-c4ccccc4)co3)cc2)cc1F. The van der Waals surface area contributed by atoms with Crippen LogP contribution in [0.15, 0.2) is 83.5 Å². The van der Waals surface area contributed by atoms with Crippen molar-refractivity contribution >= 4 is 17.4 Å². The zero-order valence-electron chi connectivity index (χ0n) is 15.6. The first kappa shape index (κ1) is 18.4. The highest BCUT2D eigenvalue weighted by molar-refractivity contribution is 5.99. The Hall–Kier alpha value is -3.93. The van der Waals surface area contributed by atoms with Crippen LogP contribution in [0.25, 0.3) is 22.7 Å². The lowest BCUT2D eigenvalue weighted by Crippen LogP contribution is -2.19. The normalized spacial score (nSPS) is 10.6. The second kappa shape index (κ2) is 7.98. The Morgan fingerprint density at radius 3 is 2.31 bits per heavy atom. The molecule has 2 N–H and O–H groups in total. The lowest BCUT2D eigenvalue weighted by molar-refractivity contribution is 0.262. The smallest absolute Gasteiger partial charge is 0.323 e. The van der Waals surface area contributed by atoms with Crippen molar-refractivity contribution in [1.82, 2.24) is 4.98 Å². The summed E-state index contributed by atoms with van der Waals surface area (Å²) in [4.78, 5) is 16.6. The highest BCUT2D eigenvalue weighted by Crippen LogP contribution is 2.25. The van der Waals surface area contributed by atoms with E-state index in [1.807, 2.05) is 42.5 Å². The van der Waals surface area contributed by atoms with Crippen molar-refractivity contribution in [1.29, 1.82) is 0 Å². The summed E-state index contributed by atoms with van der Waals surface area (Å²) in [5, 5.41) is 5.32. The van der Waals surface area contributed by atoms with Crippen LogP contribution in [0.1, 0.15) is 5.56 Å². The third kappa shape index (κ3) is 4.32. The standard InChI is InChI=1S/C23H18FN3O2/c1-15-7-10-19(13-20(15)24)26-23(28)25-18-11-8-17(9-12-18)22-27-21(14-29-22)16-5-3-2-4-6-16/h2-14H,1H3,(H2,25,26,28). The molecule has 0 aliphatic carbocycles. The molecule has 4 aromatic rings. The number of carbonyl (C=O) groups excluding carboxylic acids is 1. The molecule has 0 saturated carbocycles. The maximum Gasteiger partial charge on any atom is 0.323 e. The summed E-state index contributed by atoms with van der Waals surface area (Å²) < 4.78 is 19.2. The second-order valence-electron chi connectivity index (χ2n) is 6.52. The van der Waals surface area contributed by atoms with Crippen LogP contribution >= 0.6 is 0 Å². The lowest BCUT2D eigenvalue weighted by atomic mass is 10.2. The quantitative estimate of drug-likeness (QED) is 0.445. The zero-order chi connectivity index (χ0) is 20.2. The van der Waals surface area contributed by atoms with Crippen molar-refractivity contribution in [2.75, 3.05) is 10.6 Å². The van der Waals surface area contributed by atoms with Crippen LogP contribution in [0, 0.1) is 12.7 Å². The summed E-state index contributed by atoms with van der Waals surface area (Å²) in [6.45, 7) is 1.66. The number of aryl methyl sites for hydroxylation is 1. The molecule has 4 rings (SSSR count). The molecule has 5 nitrogen and oxygen atoms in total. The third-order valence-electron chi connectivity index (χ3n) is 4.39. The number of rotatable bonds is 4. The van der Waals surface area contributed by atoms with Crippen molar-refractivity contribution in [3.8, 4) is 22.7 Å². The Labute approximate surface area is 167 Å². The van der Waals surface area contributed by atoms with Gasteiger partial charge in [0.25, 0.3) is 0 Å². The summed E-state index contributed by atoms with van der Waals surface area (Å²) in [6, 6.07) is 21.0. The fraction of sp³-hybridized carbons (Fsp3) is 0.0435. The predicted octanol–water partition coefficient (Wildman–Crippen LogP) is 6.10. The highest BCUT2D eigenvalue weighted by Gasteiger charge is 2.09. The van der Waals surface area contributed by atoms with Crippen LogP contribution in [-0.4, -0.2) is 11.0 Å². The monoisotopic (exact) mass is 387 g/mol. The zero-order valence-corrected chi connectivity index (χ0v) is 15.6. The molecule has 0 aliphatic heterocycles. The number of urea groups is 1. The number of aromatic nitrogens is 1. The fourth-order valence-corrected chi connectivity index (χ4v) is 2.81. The Balaban J connectivity index is 1.42. The number of benzene rings is 3. The minimum Gasteiger partial charge on any atom is -0.444 e. The molecule has 0 bridgehead atoms. The first-order valence-corrected chi connectivity index (χ1v) is 9.04. The van der Waals surface area contributed by atoms with E-state index in [2.05, 4.69) is 15.6 Å². The average molecular weight is 387 g/mol. The molecular weight excluding hydrogens is 369 g/mol. The van der Waals surface area contributed by atoms with E-state index in [1.54, 1.807) is 37.5 Å². The minimum absolute atomic E-state index is 0.368. The first-order chi connectivity index (χ1) is 14.1. The molecule has 144 valence electrons. The van der Waals surface area contributed by atoms with Crippen LogP contribution in [-0.2, 0) is 0 Å². The summed E-state index contributed by atoms with van der Waals surface area (Å²) in [5.74, 6) is 0.128. The number of nitrogens with one attached hydrogen (secondary N) is 2. The number of anilines is 2. The number of halogens is 1. The average Bonchev–Trinajstić information content (AvgIpc) is 3.22. The number of oxazole rings is 1. The van der Waals surface area contributed by atoms with Gasteiger partial charge in [-0.2, -0.15) is 0 Å². The van der Waals surface area contributed by atoms with Gasteiger partial charge >= 0.3 is 6.03 Å². The Bertz CT molecular complexity index is 1140. The van der Waals surface area contributed by atoms with E-state index in [0.29, 0.717) is 22.8 Å². The van der Waals surface area contributed by atoms with E-state index in [4.69, 9.17) is 4.42 Å². The number of hydrogen-bond acceptors (Lipinski definition) is 3. The largest absolute Gasteiger partial charge is 0.444 e. The number of nitrogens with zero attached hydrogens (tertiary/aromatic N) is 1. The molecule has 0 atom stereocenters. The van der Waals surface area contributed by atoms with Gasteiger partial charge in [0.1, 0.15) is 17.8 Å². The van der Waals surface area contributed by atoms with Gasteiger partial charge in [-0.25, -0.2) is 14.2 Å². The van der Waals surface area contributed by atoms with Crippen molar-refractivity contribution in [2.45, 2.75) is 6.92 Å². The van der Waals surface area contributed by atoms with Crippen molar-refractivity contribution < 1.29 is 13.6 Å². The first-order valence-electron chi connectivity index (χ1n) is 9.04. The van der Waals surface area contributed by atoms with E-state index in [0.717, 1.165) is 16.8 Å².